The summed E-state index contributed by atoms with van der Waals surface area (Å²) < 4.78 is 17.9. The van der Waals surface area contributed by atoms with Crippen LogP contribution in [-0.2, 0) is 4.79 Å². The van der Waals surface area contributed by atoms with E-state index in [1.807, 2.05) is 13.8 Å². The fraction of sp³-hybridized carbons (Fsp3) is 0.417. The third-order valence-corrected chi connectivity index (χ3v) is 2.08. The number of ether oxygens (including phenoxy) is 1. The predicted molar refractivity (Wildman–Crippen MR) is 61.6 cm³/mol. The van der Waals surface area contributed by atoms with Crippen LogP contribution in [0.1, 0.15) is 13.8 Å². The summed E-state index contributed by atoms with van der Waals surface area (Å²) in [5.41, 5.74) is 0. The van der Waals surface area contributed by atoms with E-state index in [0.717, 1.165) is 0 Å². The number of carbonyl (C=O) groups is 1. The summed E-state index contributed by atoms with van der Waals surface area (Å²) in [5.74, 6) is -1.10. The Labute approximate surface area is 99.4 Å². The lowest BCUT2D eigenvalue weighted by Gasteiger charge is -2.17. The summed E-state index contributed by atoms with van der Waals surface area (Å²) >= 11 is 0. The molecule has 0 aliphatic rings. The van der Waals surface area contributed by atoms with Crippen LogP contribution in [0.4, 0.5) is 4.39 Å². The molecule has 2 N–H and O–H groups in total. The smallest absolute Gasteiger partial charge is 0.346 e. The average molecular weight is 241 g/mol. The lowest BCUT2D eigenvalue weighted by Crippen LogP contribution is -2.40. The summed E-state index contributed by atoms with van der Waals surface area (Å²) in [6, 6.07) is 5.43. The molecule has 0 radical (unpaired) electrons. The second-order valence-corrected chi connectivity index (χ2v) is 3.96. The SMILES string of the molecule is CC(C)NCC(Oc1ccc(F)cc1)C(=O)O. The maximum absolute atomic E-state index is 12.7. The molecule has 1 atom stereocenters. The van der Waals surface area contributed by atoms with Crippen LogP contribution in [0.5, 0.6) is 5.75 Å². The van der Waals surface area contributed by atoms with Gasteiger partial charge in [-0.1, -0.05) is 13.8 Å². The Kier molecular flexibility index (Phi) is 4.90. The molecule has 0 amide bonds. The first-order valence-corrected chi connectivity index (χ1v) is 5.37. The van der Waals surface area contributed by atoms with E-state index in [2.05, 4.69) is 5.32 Å². The molecular formula is C12H16FNO3. The monoisotopic (exact) mass is 241 g/mol. The molecule has 4 nitrogen and oxygen atoms in total. The Morgan fingerprint density at radius 2 is 2.00 bits per heavy atom. The van der Waals surface area contributed by atoms with Crippen molar-refractivity contribution in [2.24, 2.45) is 0 Å². The van der Waals surface area contributed by atoms with Crippen molar-refractivity contribution >= 4 is 5.97 Å². The molecule has 94 valence electrons. The molecule has 1 rings (SSSR count). The quantitative estimate of drug-likeness (QED) is 0.795. The van der Waals surface area contributed by atoms with E-state index in [0.29, 0.717) is 5.75 Å². The highest BCUT2D eigenvalue weighted by Crippen LogP contribution is 2.13. The Hall–Kier alpha value is -1.62. The lowest BCUT2D eigenvalue weighted by atomic mass is 10.3. The Morgan fingerprint density at radius 1 is 1.41 bits per heavy atom. The van der Waals surface area contributed by atoms with Gasteiger partial charge in [-0.05, 0) is 24.3 Å². The standard InChI is InChI=1S/C12H16FNO3/c1-8(2)14-7-11(12(15)16)17-10-5-3-9(13)4-6-10/h3-6,8,11,14H,7H2,1-2H3,(H,15,16). The van der Waals surface area contributed by atoms with Crippen molar-refractivity contribution in [1.82, 2.24) is 5.32 Å². The number of rotatable bonds is 6. The molecule has 0 spiro atoms. The van der Waals surface area contributed by atoms with Crippen LogP contribution in [0, 0.1) is 5.82 Å². The zero-order chi connectivity index (χ0) is 12.8. The lowest BCUT2D eigenvalue weighted by molar-refractivity contribution is -0.144. The van der Waals surface area contributed by atoms with Crippen LogP contribution in [0.3, 0.4) is 0 Å². The maximum atomic E-state index is 12.7. The largest absolute Gasteiger partial charge is 0.478 e. The highest BCUT2D eigenvalue weighted by Gasteiger charge is 2.19. The predicted octanol–water partition coefficient (Wildman–Crippen LogP) is 1.66. The molecule has 1 aromatic rings. The number of carboxylic acids is 1. The fourth-order valence-corrected chi connectivity index (χ4v) is 1.20. The first-order valence-electron chi connectivity index (χ1n) is 5.37. The van der Waals surface area contributed by atoms with Crippen molar-refractivity contribution in [3.05, 3.63) is 30.1 Å². The summed E-state index contributed by atoms with van der Waals surface area (Å²) in [4.78, 5) is 10.9. The number of hydrogen-bond acceptors (Lipinski definition) is 3. The number of benzene rings is 1. The second-order valence-electron chi connectivity index (χ2n) is 3.96. The van der Waals surface area contributed by atoms with Crippen molar-refractivity contribution < 1.29 is 19.0 Å². The molecule has 5 heteroatoms. The van der Waals surface area contributed by atoms with Gasteiger partial charge in [-0.25, -0.2) is 9.18 Å². The fourth-order valence-electron chi connectivity index (χ4n) is 1.20. The van der Waals surface area contributed by atoms with Gasteiger partial charge < -0.3 is 15.2 Å². The third-order valence-electron chi connectivity index (χ3n) is 2.08. The molecule has 17 heavy (non-hydrogen) atoms. The van der Waals surface area contributed by atoms with E-state index in [4.69, 9.17) is 9.84 Å². The van der Waals surface area contributed by atoms with Crippen molar-refractivity contribution in [2.45, 2.75) is 26.0 Å². The minimum Gasteiger partial charge on any atom is -0.478 e. The van der Waals surface area contributed by atoms with Crippen LogP contribution in [0.15, 0.2) is 24.3 Å². The molecule has 0 aromatic heterocycles. The summed E-state index contributed by atoms with van der Waals surface area (Å²) in [6.45, 7) is 4.03. The molecule has 0 bridgehead atoms. The number of halogens is 1. The van der Waals surface area contributed by atoms with Gasteiger partial charge in [0.1, 0.15) is 11.6 Å². The van der Waals surface area contributed by atoms with E-state index in [1.165, 1.54) is 24.3 Å². The zero-order valence-electron chi connectivity index (χ0n) is 9.81. The van der Waals surface area contributed by atoms with Crippen molar-refractivity contribution in [1.29, 1.82) is 0 Å². The van der Waals surface area contributed by atoms with E-state index in [9.17, 15) is 9.18 Å². The van der Waals surface area contributed by atoms with Crippen LogP contribution in [-0.4, -0.2) is 29.8 Å². The maximum Gasteiger partial charge on any atom is 0.346 e. The molecule has 0 heterocycles. The van der Waals surface area contributed by atoms with E-state index < -0.39 is 12.1 Å². The van der Waals surface area contributed by atoms with Crippen LogP contribution >= 0.6 is 0 Å². The highest BCUT2D eigenvalue weighted by atomic mass is 19.1. The van der Waals surface area contributed by atoms with E-state index in [-0.39, 0.29) is 18.4 Å². The van der Waals surface area contributed by atoms with Crippen molar-refractivity contribution in [2.75, 3.05) is 6.54 Å². The van der Waals surface area contributed by atoms with Crippen LogP contribution in [0.25, 0.3) is 0 Å². The molecule has 0 fully saturated rings. The third kappa shape index (κ3) is 4.82. The van der Waals surface area contributed by atoms with Gasteiger partial charge in [-0.2, -0.15) is 0 Å². The minimum atomic E-state index is -1.05. The Bertz CT molecular complexity index is 365. The summed E-state index contributed by atoms with van der Waals surface area (Å²) in [5, 5.41) is 11.9. The highest BCUT2D eigenvalue weighted by molar-refractivity contribution is 5.73. The topological polar surface area (TPSA) is 58.6 Å². The number of hydrogen-bond donors (Lipinski definition) is 2. The first-order chi connectivity index (χ1) is 7.99. The van der Waals surface area contributed by atoms with Gasteiger partial charge in [0.05, 0.1) is 0 Å². The van der Waals surface area contributed by atoms with Gasteiger partial charge in [0.2, 0.25) is 6.10 Å². The molecular weight excluding hydrogens is 225 g/mol. The van der Waals surface area contributed by atoms with Gasteiger partial charge in [0.15, 0.2) is 0 Å². The van der Waals surface area contributed by atoms with Gasteiger partial charge in [-0.15, -0.1) is 0 Å². The average Bonchev–Trinajstić information content (AvgIpc) is 2.26. The Balaban J connectivity index is 2.60. The molecule has 0 saturated carbocycles. The first kappa shape index (κ1) is 13.4. The van der Waals surface area contributed by atoms with Crippen LogP contribution < -0.4 is 10.1 Å². The normalized spacial score (nSPS) is 12.5. The van der Waals surface area contributed by atoms with E-state index >= 15 is 0 Å². The minimum absolute atomic E-state index is 0.175. The summed E-state index contributed by atoms with van der Waals surface area (Å²) in [7, 11) is 0. The molecule has 0 aliphatic heterocycles. The molecule has 0 saturated heterocycles. The molecule has 0 aliphatic carbocycles. The second kappa shape index (κ2) is 6.20. The van der Waals surface area contributed by atoms with Crippen molar-refractivity contribution in [3.8, 4) is 5.75 Å². The summed E-state index contributed by atoms with van der Waals surface area (Å²) in [6.07, 6.45) is -0.983. The van der Waals surface area contributed by atoms with Crippen molar-refractivity contribution in [3.63, 3.8) is 0 Å². The van der Waals surface area contributed by atoms with Gasteiger partial charge >= 0.3 is 5.97 Å². The van der Waals surface area contributed by atoms with Gasteiger partial charge in [0, 0.05) is 12.6 Å². The molecule has 1 unspecified atom stereocenters. The van der Waals surface area contributed by atoms with Gasteiger partial charge in [-0.3, -0.25) is 0 Å². The van der Waals surface area contributed by atoms with Gasteiger partial charge in [0.25, 0.3) is 0 Å². The zero-order valence-corrected chi connectivity index (χ0v) is 9.81. The number of carboxylic acid groups (broad SMARTS) is 1. The number of nitrogens with one attached hydrogen (secondary N) is 1. The molecule has 1 aromatic carbocycles. The number of aliphatic carboxylic acids is 1. The Morgan fingerprint density at radius 3 is 2.47 bits per heavy atom. The van der Waals surface area contributed by atoms with E-state index in [1.54, 1.807) is 0 Å². The van der Waals surface area contributed by atoms with Crippen LogP contribution in [0.2, 0.25) is 0 Å².